The van der Waals surface area contributed by atoms with Crippen molar-refractivity contribution in [3.05, 3.63) is 70.5 Å². The minimum atomic E-state index is -2.91. The number of hydrogen-bond donors (Lipinski definition) is 1. The van der Waals surface area contributed by atoms with Crippen LogP contribution >= 0.6 is 11.6 Å². The topological polar surface area (TPSA) is 119 Å². The zero-order valence-corrected chi connectivity index (χ0v) is 28.1. The number of halogens is 4. The molecule has 0 bridgehead atoms. The summed E-state index contributed by atoms with van der Waals surface area (Å²) < 4.78 is 58.8. The van der Waals surface area contributed by atoms with Gasteiger partial charge in [-0.15, -0.1) is 0 Å². The minimum Gasteiger partial charge on any atom is -0.473 e. The molecule has 1 spiro atoms. The van der Waals surface area contributed by atoms with Gasteiger partial charge in [0.25, 0.3) is 18.2 Å². The van der Waals surface area contributed by atoms with Gasteiger partial charge < -0.3 is 29.3 Å². The number of ether oxygens (including phenoxy) is 3. The highest BCUT2D eigenvalue weighted by Gasteiger charge is 2.59. The lowest BCUT2D eigenvalue weighted by Gasteiger charge is -2.47. The molecule has 0 radical (unpaired) electrons. The zero-order valence-electron chi connectivity index (χ0n) is 27.3. The van der Waals surface area contributed by atoms with E-state index in [4.69, 9.17) is 25.8 Å². The standard InChI is InChI=1S/C35H38ClF3N6O5/c36-22-15-25(29(30(38)39)42-17-22)32(46)43-24-7-4-21(5-8-24)18-45-27-16-23(37)6-9-26(27)35(34(45)47)19-44(20-35)31-33(41-11-10-40-31)50-14-13-49-28-3-1-2-12-48-28/h6,9-11,15-17,21,24,28,30H,1-5,7-8,12-14,18-20H2,(H,43,46). The number of fused-ring (bicyclic) bond motifs is 2. The first-order chi connectivity index (χ1) is 24.2. The molecule has 2 aromatic heterocycles. The van der Waals surface area contributed by atoms with Crippen LogP contribution in [0.15, 0.2) is 42.9 Å². The first-order valence-corrected chi connectivity index (χ1v) is 17.4. The normalized spacial score (nSPS) is 22.8. The molecule has 2 amide bonds. The van der Waals surface area contributed by atoms with Gasteiger partial charge in [-0.1, -0.05) is 17.7 Å². The van der Waals surface area contributed by atoms with Crippen LogP contribution in [0.2, 0.25) is 5.02 Å². The fourth-order valence-corrected chi connectivity index (χ4v) is 7.63. The molecule has 7 rings (SSSR count). The lowest BCUT2D eigenvalue weighted by molar-refractivity contribution is -0.165. The molecule has 266 valence electrons. The third-order valence-electron chi connectivity index (χ3n) is 10.0. The van der Waals surface area contributed by atoms with E-state index in [-0.39, 0.29) is 41.3 Å². The van der Waals surface area contributed by atoms with Crippen LogP contribution in [0.3, 0.4) is 0 Å². The highest BCUT2D eigenvalue weighted by molar-refractivity contribution is 6.30. The molecular weight excluding hydrogens is 677 g/mol. The highest BCUT2D eigenvalue weighted by Crippen LogP contribution is 2.50. The summed E-state index contributed by atoms with van der Waals surface area (Å²) in [7, 11) is 0. The maximum Gasteiger partial charge on any atom is 0.281 e. The molecular formula is C35H38ClF3N6O5. The SMILES string of the molecule is O=C(NC1CCC(CN2C(=O)C3(CN(c4nccnc4OCCOC4CCCCO4)C3)c3ccc(F)cc32)CC1)c1cc(Cl)cnc1C(F)F. The van der Waals surface area contributed by atoms with Gasteiger partial charge in [0.1, 0.15) is 23.5 Å². The largest absolute Gasteiger partial charge is 0.473 e. The first kappa shape index (κ1) is 34.4. The molecule has 2 saturated heterocycles. The van der Waals surface area contributed by atoms with Gasteiger partial charge in [0.05, 0.1) is 22.9 Å². The van der Waals surface area contributed by atoms with Crippen molar-refractivity contribution in [2.75, 3.05) is 49.3 Å². The second-order valence-corrected chi connectivity index (χ2v) is 13.7. The van der Waals surface area contributed by atoms with E-state index in [0.29, 0.717) is 75.9 Å². The van der Waals surface area contributed by atoms with E-state index in [9.17, 15) is 22.8 Å². The number of hydrogen-bond acceptors (Lipinski definition) is 9. The molecule has 1 aliphatic carbocycles. The molecule has 1 aromatic carbocycles. The van der Waals surface area contributed by atoms with Crippen molar-refractivity contribution in [3.63, 3.8) is 0 Å². The molecule has 1 atom stereocenters. The number of alkyl halides is 2. The van der Waals surface area contributed by atoms with Crippen LogP contribution < -0.4 is 19.9 Å². The number of carbonyl (C=O) groups is 2. The van der Waals surface area contributed by atoms with Crippen molar-refractivity contribution in [3.8, 4) is 5.88 Å². The number of carbonyl (C=O) groups excluding carboxylic acids is 2. The van der Waals surface area contributed by atoms with Gasteiger partial charge in [0.15, 0.2) is 12.1 Å². The Hall–Kier alpha value is -4.01. The van der Waals surface area contributed by atoms with Gasteiger partial charge >= 0.3 is 0 Å². The average Bonchev–Trinajstić information content (AvgIpc) is 3.33. The maximum absolute atomic E-state index is 14.6. The minimum absolute atomic E-state index is 0.0926. The summed E-state index contributed by atoms with van der Waals surface area (Å²) in [6.07, 6.45) is 6.62. The number of pyridine rings is 1. The summed E-state index contributed by atoms with van der Waals surface area (Å²) >= 11 is 5.93. The van der Waals surface area contributed by atoms with Gasteiger partial charge in [-0.05, 0) is 74.6 Å². The molecule has 1 saturated carbocycles. The molecule has 3 aromatic rings. The zero-order chi connectivity index (χ0) is 34.8. The summed E-state index contributed by atoms with van der Waals surface area (Å²) in [6.45, 7) is 2.36. The summed E-state index contributed by atoms with van der Waals surface area (Å²) in [6, 6.07) is 5.47. The Labute approximate surface area is 292 Å². The molecule has 5 heterocycles. The number of nitrogens with one attached hydrogen (secondary N) is 1. The Morgan fingerprint density at radius 2 is 1.86 bits per heavy atom. The molecule has 11 nitrogen and oxygen atoms in total. The van der Waals surface area contributed by atoms with Crippen LogP contribution in [0.5, 0.6) is 5.88 Å². The van der Waals surface area contributed by atoms with E-state index in [0.717, 1.165) is 31.0 Å². The summed E-state index contributed by atoms with van der Waals surface area (Å²) in [4.78, 5) is 43.3. The number of nitrogens with zero attached hydrogens (tertiary/aromatic N) is 5. The van der Waals surface area contributed by atoms with Crippen molar-refractivity contribution in [2.24, 2.45) is 5.92 Å². The number of rotatable bonds is 11. The molecule has 4 aliphatic rings. The molecule has 1 N–H and O–H groups in total. The molecule has 3 fully saturated rings. The lowest BCUT2D eigenvalue weighted by atomic mass is 9.74. The van der Waals surface area contributed by atoms with E-state index in [1.165, 1.54) is 18.2 Å². The Morgan fingerprint density at radius 3 is 2.62 bits per heavy atom. The van der Waals surface area contributed by atoms with Crippen LogP contribution in [-0.4, -0.2) is 78.6 Å². The second-order valence-electron chi connectivity index (χ2n) is 13.3. The van der Waals surface area contributed by atoms with Crippen molar-refractivity contribution >= 4 is 34.9 Å². The third-order valence-corrected chi connectivity index (χ3v) is 10.2. The van der Waals surface area contributed by atoms with Crippen molar-refractivity contribution in [2.45, 2.75) is 69.1 Å². The van der Waals surface area contributed by atoms with Crippen LogP contribution in [0.4, 0.5) is 24.7 Å². The van der Waals surface area contributed by atoms with Gasteiger partial charge in [-0.25, -0.2) is 23.1 Å². The Bertz CT molecular complexity index is 1720. The second kappa shape index (κ2) is 14.7. The number of amides is 2. The summed E-state index contributed by atoms with van der Waals surface area (Å²) in [5, 5.41) is 2.95. The summed E-state index contributed by atoms with van der Waals surface area (Å²) in [5.41, 5.74) is -0.373. The van der Waals surface area contributed by atoms with Gasteiger partial charge in [0.2, 0.25) is 5.91 Å². The van der Waals surface area contributed by atoms with Crippen LogP contribution in [0, 0.1) is 11.7 Å². The number of aromatic nitrogens is 3. The number of benzene rings is 1. The molecule has 15 heteroatoms. The highest BCUT2D eigenvalue weighted by atomic mass is 35.5. The number of anilines is 2. The fraction of sp³-hybridized carbons (Fsp3) is 0.514. The predicted molar refractivity (Wildman–Crippen MR) is 177 cm³/mol. The summed E-state index contributed by atoms with van der Waals surface area (Å²) in [5.74, 6) is -0.196. The van der Waals surface area contributed by atoms with Crippen molar-refractivity contribution in [1.82, 2.24) is 20.3 Å². The molecule has 1 unspecified atom stereocenters. The van der Waals surface area contributed by atoms with Crippen molar-refractivity contribution < 1.29 is 37.0 Å². The third kappa shape index (κ3) is 6.97. The van der Waals surface area contributed by atoms with Crippen LogP contribution in [0.1, 0.15) is 73.0 Å². The Kier molecular flexibility index (Phi) is 10.1. The van der Waals surface area contributed by atoms with Gasteiger partial charge in [-0.2, -0.15) is 0 Å². The first-order valence-electron chi connectivity index (χ1n) is 17.0. The molecule has 50 heavy (non-hydrogen) atoms. The van der Waals surface area contributed by atoms with E-state index in [1.54, 1.807) is 23.4 Å². The van der Waals surface area contributed by atoms with E-state index in [2.05, 4.69) is 20.3 Å². The smallest absolute Gasteiger partial charge is 0.281 e. The monoisotopic (exact) mass is 714 g/mol. The van der Waals surface area contributed by atoms with Gasteiger partial charge in [-0.3, -0.25) is 14.6 Å². The quantitative estimate of drug-likeness (QED) is 0.253. The van der Waals surface area contributed by atoms with Crippen molar-refractivity contribution in [1.29, 1.82) is 0 Å². The van der Waals surface area contributed by atoms with Gasteiger partial charge in [0, 0.05) is 50.9 Å². The maximum atomic E-state index is 14.6. The lowest BCUT2D eigenvalue weighted by Crippen LogP contribution is -2.64. The Morgan fingerprint density at radius 1 is 1.06 bits per heavy atom. The Balaban J connectivity index is 0.971. The fourth-order valence-electron chi connectivity index (χ4n) is 7.47. The van der Waals surface area contributed by atoms with Crippen LogP contribution in [-0.2, 0) is 19.7 Å². The van der Waals surface area contributed by atoms with E-state index in [1.807, 2.05) is 4.90 Å². The van der Waals surface area contributed by atoms with Crippen LogP contribution in [0.25, 0.3) is 0 Å². The van der Waals surface area contributed by atoms with E-state index >= 15 is 0 Å². The average molecular weight is 715 g/mol. The van der Waals surface area contributed by atoms with E-state index < -0.39 is 29.3 Å². The predicted octanol–water partition coefficient (Wildman–Crippen LogP) is 5.62. The molecule has 3 aliphatic heterocycles.